The van der Waals surface area contributed by atoms with Crippen molar-refractivity contribution in [3.05, 3.63) is 71.4 Å². The molecular formula is C34H38FN7O5S. The van der Waals surface area contributed by atoms with E-state index in [0.29, 0.717) is 43.8 Å². The van der Waals surface area contributed by atoms with Crippen LogP contribution in [0.1, 0.15) is 69.0 Å². The average molecular weight is 676 g/mol. The van der Waals surface area contributed by atoms with E-state index in [0.717, 1.165) is 27.7 Å². The van der Waals surface area contributed by atoms with Crippen molar-refractivity contribution in [1.29, 1.82) is 0 Å². The minimum Gasteiger partial charge on any atom is -0.336 e. The predicted octanol–water partition coefficient (Wildman–Crippen LogP) is 4.62. The van der Waals surface area contributed by atoms with Crippen molar-refractivity contribution in [3.63, 3.8) is 0 Å². The van der Waals surface area contributed by atoms with Gasteiger partial charge < -0.3 is 9.80 Å². The fraction of sp³-hybridized carbons (Fsp3) is 0.441. The zero-order chi connectivity index (χ0) is 34.1. The van der Waals surface area contributed by atoms with Gasteiger partial charge in [0.05, 0.1) is 28.8 Å². The molecule has 0 unspecified atom stereocenters. The molecule has 48 heavy (non-hydrogen) atoms. The number of carbonyl (C=O) groups is 4. The summed E-state index contributed by atoms with van der Waals surface area (Å²) in [5, 5.41) is 1.78. The van der Waals surface area contributed by atoms with E-state index < -0.39 is 29.8 Å². The number of amides is 4. The third kappa shape index (κ3) is 6.85. The number of thiazole rings is 1. The van der Waals surface area contributed by atoms with Crippen molar-refractivity contribution < 1.29 is 28.4 Å². The van der Waals surface area contributed by atoms with Crippen LogP contribution in [0.2, 0.25) is 0 Å². The molecule has 4 amide bonds. The standard InChI is InChI=1S/C34H38FN7O5S/c1-20(2)15-25-32(44)40(23-11-13-39(14-12-23)34(46)31-36-17-22(35)18-37-31)19-29-41(25)33(45)26(16-21(3)4)47-42(29)30(43)10-9-28-38-24-7-5-6-8-27(24)48-28/h5-10,17-21,23,25-26H,11-16H2,1-4H3/b10-9+/t25-,26+/m0/s1. The molecule has 252 valence electrons. The molecule has 0 spiro atoms. The zero-order valence-corrected chi connectivity index (χ0v) is 28.1. The van der Waals surface area contributed by atoms with Gasteiger partial charge in [-0.05, 0) is 55.7 Å². The number of para-hydroxylation sites is 1. The highest BCUT2D eigenvalue weighted by Gasteiger charge is 2.50. The summed E-state index contributed by atoms with van der Waals surface area (Å²) in [5.41, 5.74) is 0.830. The molecule has 12 nitrogen and oxygen atoms in total. The second-order valence-corrected chi connectivity index (χ2v) is 14.1. The normalized spacial score (nSPS) is 20.8. The molecule has 6 rings (SSSR count). The summed E-state index contributed by atoms with van der Waals surface area (Å²) < 4.78 is 14.3. The van der Waals surface area contributed by atoms with Gasteiger partial charge in [0.25, 0.3) is 17.7 Å². The summed E-state index contributed by atoms with van der Waals surface area (Å²) in [6, 6.07) is 6.55. The number of rotatable bonds is 8. The second-order valence-electron chi connectivity index (χ2n) is 13.0. The maximum atomic E-state index is 14.2. The van der Waals surface area contributed by atoms with Crippen LogP contribution in [0.25, 0.3) is 16.3 Å². The summed E-state index contributed by atoms with van der Waals surface area (Å²) in [4.78, 5) is 78.0. The minimum absolute atomic E-state index is 0.0672. The van der Waals surface area contributed by atoms with Crippen LogP contribution in [0.5, 0.6) is 0 Å². The Morgan fingerprint density at radius 1 is 1.02 bits per heavy atom. The maximum absolute atomic E-state index is 14.2. The molecule has 2 aromatic heterocycles. The van der Waals surface area contributed by atoms with Gasteiger partial charge in [-0.3, -0.25) is 28.9 Å². The van der Waals surface area contributed by atoms with E-state index in [9.17, 15) is 23.6 Å². The van der Waals surface area contributed by atoms with Crippen molar-refractivity contribution in [1.82, 2.24) is 34.7 Å². The van der Waals surface area contributed by atoms with Gasteiger partial charge in [-0.15, -0.1) is 11.3 Å². The first-order valence-corrected chi connectivity index (χ1v) is 17.0. The fourth-order valence-electron chi connectivity index (χ4n) is 6.25. The molecule has 1 aromatic carbocycles. The van der Waals surface area contributed by atoms with Gasteiger partial charge in [0, 0.05) is 25.2 Å². The molecular weight excluding hydrogens is 637 g/mol. The number of hydroxylamine groups is 2. The molecule has 0 bridgehead atoms. The summed E-state index contributed by atoms with van der Waals surface area (Å²) >= 11 is 1.45. The molecule has 2 saturated heterocycles. The van der Waals surface area contributed by atoms with E-state index in [1.807, 2.05) is 52.0 Å². The summed E-state index contributed by atoms with van der Waals surface area (Å²) in [7, 11) is 0. The van der Waals surface area contributed by atoms with Crippen molar-refractivity contribution in [2.75, 3.05) is 13.1 Å². The molecule has 0 radical (unpaired) electrons. The van der Waals surface area contributed by atoms with E-state index >= 15 is 0 Å². The molecule has 0 aliphatic carbocycles. The number of benzene rings is 1. The van der Waals surface area contributed by atoms with Crippen LogP contribution in [0.3, 0.4) is 0 Å². The third-order valence-electron chi connectivity index (χ3n) is 8.52. The smallest absolute Gasteiger partial charge is 0.291 e. The highest BCUT2D eigenvalue weighted by Crippen LogP contribution is 2.36. The Bertz CT molecular complexity index is 1730. The van der Waals surface area contributed by atoms with Crippen molar-refractivity contribution >= 4 is 51.3 Å². The lowest BCUT2D eigenvalue weighted by Crippen LogP contribution is -2.65. The molecule has 2 fully saturated rings. The fourth-order valence-corrected chi connectivity index (χ4v) is 7.12. The number of nitrogens with zero attached hydrogens (tertiary/aromatic N) is 7. The predicted molar refractivity (Wildman–Crippen MR) is 176 cm³/mol. The Morgan fingerprint density at radius 2 is 1.71 bits per heavy atom. The van der Waals surface area contributed by atoms with Crippen LogP contribution in [-0.4, -0.2) is 89.6 Å². The number of carbonyl (C=O) groups excluding carboxylic acids is 4. The van der Waals surface area contributed by atoms with E-state index in [4.69, 9.17) is 4.84 Å². The average Bonchev–Trinajstić information content (AvgIpc) is 3.49. The number of halogens is 1. The van der Waals surface area contributed by atoms with Gasteiger partial charge in [-0.2, -0.15) is 5.06 Å². The molecule has 0 saturated carbocycles. The number of aromatic nitrogens is 3. The zero-order valence-electron chi connectivity index (χ0n) is 27.3. The van der Waals surface area contributed by atoms with Gasteiger partial charge in [0.2, 0.25) is 11.7 Å². The highest BCUT2D eigenvalue weighted by molar-refractivity contribution is 7.19. The van der Waals surface area contributed by atoms with Crippen molar-refractivity contribution in [2.45, 2.75) is 71.6 Å². The summed E-state index contributed by atoms with van der Waals surface area (Å²) in [5.74, 6) is -1.91. The van der Waals surface area contributed by atoms with Crippen LogP contribution >= 0.6 is 11.3 Å². The highest BCUT2D eigenvalue weighted by atomic mass is 32.1. The Balaban J connectivity index is 1.29. The van der Waals surface area contributed by atoms with Crippen LogP contribution in [-0.2, 0) is 19.2 Å². The van der Waals surface area contributed by atoms with Gasteiger partial charge >= 0.3 is 0 Å². The summed E-state index contributed by atoms with van der Waals surface area (Å²) in [6.07, 6.45) is 7.12. The van der Waals surface area contributed by atoms with E-state index in [1.165, 1.54) is 28.5 Å². The summed E-state index contributed by atoms with van der Waals surface area (Å²) in [6.45, 7) is 8.53. The van der Waals surface area contributed by atoms with Gasteiger partial charge in [0.15, 0.2) is 17.7 Å². The number of fused-ring (bicyclic) bond motifs is 2. The SMILES string of the molecule is CC(C)C[C@H]1ON(C(=O)/C=C/c2nc3ccccc3s2)C2=CN(C3CCN(C(=O)c4ncc(F)cn4)CC3)C(=O)[C@H](CC(C)C)N2C1=O. The first kappa shape index (κ1) is 33.3. The Morgan fingerprint density at radius 3 is 2.38 bits per heavy atom. The minimum atomic E-state index is -0.945. The molecule has 2 atom stereocenters. The monoisotopic (exact) mass is 675 g/mol. The topological polar surface area (TPSA) is 129 Å². The largest absolute Gasteiger partial charge is 0.336 e. The van der Waals surface area contributed by atoms with Crippen LogP contribution in [0.4, 0.5) is 4.39 Å². The van der Waals surface area contributed by atoms with Gasteiger partial charge in [-0.25, -0.2) is 19.3 Å². The number of hydrogen-bond acceptors (Lipinski definition) is 9. The van der Waals surface area contributed by atoms with Crippen LogP contribution in [0, 0.1) is 17.7 Å². The molecule has 3 aliphatic heterocycles. The number of piperidine rings is 1. The van der Waals surface area contributed by atoms with Gasteiger partial charge in [0.1, 0.15) is 11.0 Å². The van der Waals surface area contributed by atoms with E-state index in [1.54, 1.807) is 15.9 Å². The maximum Gasteiger partial charge on any atom is 0.291 e. The molecule has 0 N–H and O–H groups in total. The van der Waals surface area contributed by atoms with Crippen molar-refractivity contribution in [3.8, 4) is 0 Å². The number of likely N-dealkylation sites (tertiary alicyclic amines) is 1. The molecule has 3 aliphatic rings. The quantitative estimate of drug-likeness (QED) is 0.317. The van der Waals surface area contributed by atoms with Crippen LogP contribution < -0.4 is 0 Å². The van der Waals surface area contributed by atoms with E-state index in [-0.39, 0.29) is 41.3 Å². The lowest BCUT2D eigenvalue weighted by atomic mass is 9.95. The van der Waals surface area contributed by atoms with Crippen molar-refractivity contribution in [2.24, 2.45) is 11.8 Å². The lowest BCUT2D eigenvalue weighted by molar-refractivity contribution is -0.226. The third-order valence-corrected chi connectivity index (χ3v) is 9.52. The molecule has 3 aromatic rings. The van der Waals surface area contributed by atoms with Gasteiger partial charge in [-0.1, -0.05) is 39.8 Å². The Hall–Kier alpha value is -4.56. The Kier molecular flexibility index (Phi) is 9.65. The van der Waals surface area contributed by atoms with Crippen LogP contribution in [0.15, 0.2) is 54.8 Å². The second kappa shape index (κ2) is 13.9. The Labute approximate surface area is 281 Å². The molecule has 5 heterocycles. The molecule has 14 heteroatoms. The lowest BCUT2D eigenvalue weighted by Gasteiger charge is -2.49. The first-order valence-electron chi connectivity index (χ1n) is 16.2. The van der Waals surface area contributed by atoms with E-state index in [2.05, 4.69) is 15.0 Å². The first-order chi connectivity index (χ1) is 23.0. The number of hydrogen-bond donors (Lipinski definition) is 0.